The van der Waals surface area contributed by atoms with Crippen LogP contribution in [0.15, 0.2) is 48.7 Å². The summed E-state index contributed by atoms with van der Waals surface area (Å²) in [4.78, 5) is 25.2. The third-order valence-corrected chi connectivity index (χ3v) is 4.54. The summed E-state index contributed by atoms with van der Waals surface area (Å²) in [5.74, 6) is 0.720. The molecule has 156 valence electrons. The maximum atomic E-state index is 12.9. The van der Waals surface area contributed by atoms with Crippen LogP contribution in [0.2, 0.25) is 0 Å². The van der Waals surface area contributed by atoms with Gasteiger partial charge in [0.15, 0.2) is 11.5 Å². The van der Waals surface area contributed by atoms with Crippen LogP contribution in [0.5, 0.6) is 17.2 Å². The average molecular weight is 409 g/mol. The highest BCUT2D eigenvalue weighted by Gasteiger charge is 2.19. The highest BCUT2D eigenvalue weighted by atomic mass is 16.5. The zero-order chi connectivity index (χ0) is 21.7. The van der Waals surface area contributed by atoms with Gasteiger partial charge in [0.05, 0.1) is 44.7 Å². The summed E-state index contributed by atoms with van der Waals surface area (Å²) in [7, 11) is 4.58. The Hall–Kier alpha value is -3.74. The number of allylic oxidation sites excluding steroid dienone is 1. The summed E-state index contributed by atoms with van der Waals surface area (Å²) in [6, 6.07) is 10.4. The third kappa shape index (κ3) is 4.00. The molecule has 0 aliphatic heterocycles. The highest BCUT2D eigenvalue weighted by molar-refractivity contribution is 6.09. The van der Waals surface area contributed by atoms with E-state index >= 15 is 0 Å². The van der Waals surface area contributed by atoms with Crippen LogP contribution in [0.4, 0.5) is 0 Å². The van der Waals surface area contributed by atoms with E-state index < -0.39 is 5.97 Å². The quantitative estimate of drug-likeness (QED) is 0.318. The van der Waals surface area contributed by atoms with Crippen molar-refractivity contribution in [2.24, 2.45) is 0 Å². The SMILES string of the molecule is CCOC(=O)c1cc(C(=O)/C=C/c2cc(OC)c(OC)c(OC)c2)n2ccccc12. The van der Waals surface area contributed by atoms with Gasteiger partial charge in [-0.05, 0) is 48.9 Å². The van der Waals surface area contributed by atoms with E-state index in [1.54, 1.807) is 60.0 Å². The molecule has 7 heteroatoms. The summed E-state index contributed by atoms with van der Waals surface area (Å²) in [5.41, 5.74) is 2.02. The number of benzene rings is 1. The van der Waals surface area contributed by atoms with Crippen molar-refractivity contribution in [2.45, 2.75) is 6.92 Å². The van der Waals surface area contributed by atoms with Gasteiger partial charge < -0.3 is 23.3 Å². The highest BCUT2D eigenvalue weighted by Crippen LogP contribution is 2.38. The first-order valence-corrected chi connectivity index (χ1v) is 9.33. The minimum atomic E-state index is -0.464. The number of hydrogen-bond acceptors (Lipinski definition) is 6. The van der Waals surface area contributed by atoms with E-state index in [9.17, 15) is 9.59 Å². The first-order chi connectivity index (χ1) is 14.5. The van der Waals surface area contributed by atoms with Crippen LogP contribution in [0.3, 0.4) is 0 Å². The van der Waals surface area contributed by atoms with Gasteiger partial charge in [0.25, 0.3) is 0 Å². The molecule has 0 amide bonds. The molecule has 3 rings (SSSR count). The van der Waals surface area contributed by atoms with E-state index in [1.165, 1.54) is 27.4 Å². The molecule has 0 aliphatic carbocycles. The molecule has 0 fully saturated rings. The van der Waals surface area contributed by atoms with Gasteiger partial charge in [0.2, 0.25) is 11.5 Å². The van der Waals surface area contributed by atoms with Crippen LogP contribution in [-0.2, 0) is 4.74 Å². The largest absolute Gasteiger partial charge is 0.493 e. The molecule has 0 unspecified atom stereocenters. The minimum Gasteiger partial charge on any atom is -0.493 e. The van der Waals surface area contributed by atoms with Gasteiger partial charge in [-0.1, -0.05) is 12.1 Å². The predicted molar refractivity (Wildman–Crippen MR) is 113 cm³/mol. The Morgan fingerprint density at radius 2 is 1.70 bits per heavy atom. The maximum absolute atomic E-state index is 12.9. The molecule has 0 spiro atoms. The molecule has 1 aromatic carbocycles. The van der Waals surface area contributed by atoms with E-state index in [-0.39, 0.29) is 12.4 Å². The summed E-state index contributed by atoms with van der Waals surface area (Å²) in [6.45, 7) is 2.00. The van der Waals surface area contributed by atoms with Crippen molar-refractivity contribution in [1.29, 1.82) is 0 Å². The van der Waals surface area contributed by atoms with Crippen LogP contribution in [0, 0.1) is 0 Å². The van der Waals surface area contributed by atoms with Crippen molar-refractivity contribution < 1.29 is 28.5 Å². The van der Waals surface area contributed by atoms with Crippen LogP contribution >= 0.6 is 0 Å². The Labute approximate surface area is 174 Å². The van der Waals surface area contributed by atoms with Crippen molar-refractivity contribution in [3.63, 3.8) is 0 Å². The lowest BCUT2D eigenvalue weighted by Crippen LogP contribution is -2.03. The molecule has 0 radical (unpaired) electrons. The van der Waals surface area contributed by atoms with E-state index in [0.29, 0.717) is 39.6 Å². The molecular formula is C23H23NO6. The van der Waals surface area contributed by atoms with Gasteiger partial charge in [0.1, 0.15) is 0 Å². The minimum absolute atomic E-state index is 0.257. The standard InChI is InChI=1S/C23H23NO6/c1-5-30-23(26)16-14-18(24-11-7-6-8-17(16)24)19(25)10-9-15-12-20(27-2)22(29-4)21(13-15)28-3/h6-14H,5H2,1-4H3/b10-9+. The lowest BCUT2D eigenvalue weighted by atomic mass is 10.1. The third-order valence-electron chi connectivity index (χ3n) is 4.54. The number of hydrogen-bond donors (Lipinski definition) is 0. The van der Waals surface area contributed by atoms with Gasteiger partial charge in [-0.25, -0.2) is 4.79 Å². The Morgan fingerprint density at radius 3 is 2.30 bits per heavy atom. The van der Waals surface area contributed by atoms with Crippen LogP contribution in [0.1, 0.15) is 33.3 Å². The molecule has 2 heterocycles. The topological polar surface area (TPSA) is 75.5 Å². The molecule has 0 N–H and O–H groups in total. The predicted octanol–water partition coefficient (Wildman–Crippen LogP) is 4.04. The molecular weight excluding hydrogens is 386 g/mol. The van der Waals surface area contributed by atoms with Gasteiger partial charge in [-0.15, -0.1) is 0 Å². The van der Waals surface area contributed by atoms with Crippen molar-refractivity contribution in [3.8, 4) is 17.2 Å². The maximum Gasteiger partial charge on any atom is 0.340 e. The number of nitrogens with zero attached hydrogens (tertiary/aromatic N) is 1. The van der Waals surface area contributed by atoms with E-state index in [2.05, 4.69) is 0 Å². The fraction of sp³-hybridized carbons (Fsp3) is 0.217. The van der Waals surface area contributed by atoms with Crippen molar-refractivity contribution in [2.75, 3.05) is 27.9 Å². The zero-order valence-corrected chi connectivity index (χ0v) is 17.3. The van der Waals surface area contributed by atoms with E-state index in [4.69, 9.17) is 18.9 Å². The van der Waals surface area contributed by atoms with E-state index in [0.717, 1.165) is 0 Å². The molecule has 30 heavy (non-hydrogen) atoms. The fourth-order valence-corrected chi connectivity index (χ4v) is 3.17. The fourth-order valence-electron chi connectivity index (χ4n) is 3.17. The molecule has 0 aliphatic rings. The number of ether oxygens (including phenoxy) is 4. The number of aromatic nitrogens is 1. The monoisotopic (exact) mass is 409 g/mol. The number of ketones is 1. The second-order valence-corrected chi connectivity index (χ2v) is 6.28. The molecule has 7 nitrogen and oxygen atoms in total. The Morgan fingerprint density at radius 1 is 1.00 bits per heavy atom. The average Bonchev–Trinajstić information content (AvgIpc) is 3.16. The normalized spacial score (nSPS) is 10.9. The Balaban J connectivity index is 1.98. The van der Waals surface area contributed by atoms with Crippen LogP contribution < -0.4 is 14.2 Å². The summed E-state index contributed by atoms with van der Waals surface area (Å²) in [5, 5.41) is 0. The van der Waals surface area contributed by atoms with Crippen molar-refractivity contribution in [3.05, 3.63) is 65.5 Å². The molecule has 0 atom stereocenters. The number of pyridine rings is 1. The number of rotatable bonds is 8. The molecule has 0 bridgehead atoms. The van der Waals surface area contributed by atoms with Crippen LogP contribution in [-0.4, -0.2) is 44.1 Å². The van der Waals surface area contributed by atoms with Crippen molar-refractivity contribution in [1.82, 2.24) is 4.40 Å². The molecule has 0 saturated heterocycles. The van der Waals surface area contributed by atoms with Gasteiger partial charge >= 0.3 is 5.97 Å². The number of carbonyl (C=O) groups is 2. The second-order valence-electron chi connectivity index (χ2n) is 6.28. The lowest BCUT2D eigenvalue weighted by Gasteiger charge is -2.12. The number of carbonyl (C=O) groups excluding carboxylic acids is 2. The molecule has 3 aromatic rings. The second kappa shape index (κ2) is 9.17. The van der Waals surface area contributed by atoms with Gasteiger partial charge in [0, 0.05) is 6.20 Å². The van der Waals surface area contributed by atoms with Crippen LogP contribution in [0.25, 0.3) is 11.6 Å². The Kier molecular flexibility index (Phi) is 6.41. The number of esters is 1. The summed E-state index contributed by atoms with van der Waals surface area (Å²) < 4.78 is 22.8. The summed E-state index contributed by atoms with van der Waals surface area (Å²) in [6.07, 6.45) is 4.82. The van der Waals surface area contributed by atoms with Gasteiger partial charge in [-0.2, -0.15) is 0 Å². The first kappa shape index (κ1) is 21.0. The first-order valence-electron chi connectivity index (χ1n) is 9.33. The van der Waals surface area contributed by atoms with Gasteiger partial charge in [-0.3, -0.25) is 4.79 Å². The molecule has 2 aromatic heterocycles. The molecule has 0 saturated carbocycles. The Bertz CT molecular complexity index is 1090. The smallest absolute Gasteiger partial charge is 0.340 e. The van der Waals surface area contributed by atoms with E-state index in [1.807, 2.05) is 0 Å². The number of methoxy groups -OCH3 is 3. The zero-order valence-electron chi connectivity index (χ0n) is 17.3. The van der Waals surface area contributed by atoms with Crippen molar-refractivity contribution >= 4 is 23.3 Å². The lowest BCUT2D eigenvalue weighted by molar-refractivity contribution is 0.0529. The summed E-state index contributed by atoms with van der Waals surface area (Å²) >= 11 is 0. The number of fused-ring (bicyclic) bond motifs is 1.